The minimum absolute atomic E-state index is 0.887. The smallest absolute Gasteiger partial charge is 0.0478 e. The Bertz CT molecular complexity index is 169. The standard InChI is InChI=1S/C12H23NO/c1-4-6-7-9-13(3)10-8-12-14-11-5-2/h5,7-12H2,1-3H3. The maximum absolute atomic E-state index is 5.40. The Labute approximate surface area is 88.6 Å². The SMILES string of the molecule is CC#CCCN(C)CCCOCCC. The first-order valence-electron chi connectivity index (χ1n) is 5.47. The van der Waals surface area contributed by atoms with Crippen LogP contribution in [-0.4, -0.2) is 38.3 Å². The van der Waals surface area contributed by atoms with E-state index in [1.807, 2.05) is 6.92 Å². The highest BCUT2D eigenvalue weighted by Gasteiger charge is 1.96. The van der Waals surface area contributed by atoms with Crippen molar-refractivity contribution in [3.63, 3.8) is 0 Å². The molecule has 0 unspecified atom stereocenters. The first-order chi connectivity index (χ1) is 6.81. The Morgan fingerprint density at radius 1 is 1.21 bits per heavy atom. The molecular weight excluding hydrogens is 174 g/mol. The average Bonchev–Trinajstić information content (AvgIpc) is 2.18. The fourth-order valence-corrected chi connectivity index (χ4v) is 1.17. The molecule has 0 aliphatic rings. The van der Waals surface area contributed by atoms with Crippen LogP contribution in [0.25, 0.3) is 0 Å². The number of ether oxygens (including phenoxy) is 1. The van der Waals surface area contributed by atoms with E-state index in [2.05, 4.69) is 30.7 Å². The summed E-state index contributed by atoms with van der Waals surface area (Å²) in [5.41, 5.74) is 0. The van der Waals surface area contributed by atoms with Crippen molar-refractivity contribution in [1.29, 1.82) is 0 Å². The lowest BCUT2D eigenvalue weighted by Gasteiger charge is -2.14. The van der Waals surface area contributed by atoms with Crippen LogP contribution in [0.1, 0.15) is 33.1 Å². The van der Waals surface area contributed by atoms with Gasteiger partial charge in [0.05, 0.1) is 0 Å². The zero-order valence-corrected chi connectivity index (χ0v) is 9.81. The highest BCUT2D eigenvalue weighted by molar-refractivity contribution is 4.95. The van der Waals surface area contributed by atoms with Crippen LogP contribution < -0.4 is 0 Å². The van der Waals surface area contributed by atoms with E-state index in [1.165, 1.54) is 0 Å². The van der Waals surface area contributed by atoms with Crippen LogP contribution in [0.15, 0.2) is 0 Å². The molecule has 2 heteroatoms. The van der Waals surface area contributed by atoms with Gasteiger partial charge in [0.25, 0.3) is 0 Å². The molecule has 0 aliphatic carbocycles. The number of hydrogen-bond donors (Lipinski definition) is 0. The third-order valence-electron chi connectivity index (χ3n) is 1.97. The van der Waals surface area contributed by atoms with Gasteiger partial charge in [0.1, 0.15) is 0 Å². The Morgan fingerprint density at radius 3 is 2.64 bits per heavy atom. The fraction of sp³-hybridized carbons (Fsp3) is 0.833. The summed E-state index contributed by atoms with van der Waals surface area (Å²) in [6.45, 7) is 7.97. The van der Waals surface area contributed by atoms with Gasteiger partial charge in [-0.15, -0.1) is 11.8 Å². The molecule has 0 aromatic rings. The second-order valence-corrected chi connectivity index (χ2v) is 3.45. The van der Waals surface area contributed by atoms with Gasteiger partial charge in [-0.25, -0.2) is 0 Å². The van der Waals surface area contributed by atoms with Crippen molar-refractivity contribution in [2.24, 2.45) is 0 Å². The molecule has 0 rings (SSSR count). The average molecular weight is 197 g/mol. The molecule has 0 saturated heterocycles. The van der Waals surface area contributed by atoms with Gasteiger partial charge in [0, 0.05) is 32.7 Å². The van der Waals surface area contributed by atoms with Crippen molar-refractivity contribution >= 4 is 0 Å². The molecule has 0 bridgehead atoms. The molecule has 0 spiro atoms. The van der Waals surface area contributed by atoms with Crippen LogP contribution in [0, 0.1) is 11.8 Å². The van der Waals surface area contributed by atoms with Gasteiger partial charge in [-0.1, -0.05) is 6.92 Å². The summed E-state index contributed by atoms with van der Waals surface area (Å²) in [6, 6.07) is 0. The Morgan fingerprint density at radius 2 is 2.00 bits per heavy atom. The lowest BCUT2D eigenvalue weighted by Crippen LogP contribution is -2.21. The molecule has 0 aliphatic heterocycles. The van der Waals surface area contributed by atoms with E-state index in [4.69, 9.17) is 4.74 Å². The first kappa shape index (κ1) is 13.5. The topological polar surface area (TPSA) is 12.5 Å². The predicted molar refractivity (Wildman–Crippen MR) is 61.3 cm³/mol. The van der Waals surface area contributed by atoms with Gasteiger partial charge in [0.2, 0.25) is 0 Å². The van der Waals surface area contributed by atoms with Gasteiger partial charge >= 0.3 is 0 Å². The molecule has 82 valence electrons. The molecule has 0 aromatic carbocycles. The van der Waals surface area contributed by atoms with Gasteiger partial charge in [-0.3, -0.25) is 0 Å². The molecule has 2 nitrogen and oxygen atoms in total. The van der Waals surface area contributed by atoms with Gasteiger partial charge in [0.15, 0.2) is 0 Å². The summed E-state index contributed by atoms with van der Waals surface area (Å²) >= 11 is 0. The Balaban J connectivity index is 3.16. The summed E-state index contributed by atoms with van der Waals surface area (Å²) in [7, 11) is 2.14. The second-order valence-electron chi connectivity index (χ2n) is 3.45. The molecule has 14 heavy (non-hydrogen) atoms. The van der Waals surface area contributed by atoms with E-state index in [9.17, 15) is 0 Å². The highest BCUT2D eigenvalue weighted by Crippen LogP contribution is 1.91. The molecule has 0 heterocycles. The summed E-state index contributed by atoms with van der Waals surface area (Å²) in [5.74, 6) is 5.97. The van der Waals surface area contributed by atoms with E-state index in [0.29, 0.717) is 0 Å². The van der Waals surface area contributed by atoms with Crippen LogP contribution in [0.3, 0.4) is 0 Å². The monoisotopic (exact) mass is 197 g/mol. The Kier molecular flexibility index (Phi) is 10.2. The zero-order valence-electron chi connectivity index (χ0n) is 9.81. The lowest BCUT2D eigenvalue weighted by molar-refractivity contribution is 0.124. The van der Waals surface area contributed by atoms with E-state index < -0.39 is 0 Å². The minimum atomic E-state index is 0.887. The zero-order chi connectivity index (χ0) is 10.6. The predicted octanol–water partition coefficient (Wildman–Crippen LogP) is 2.15. The van der Waals surface area contributed by atoms with Crippen LogP contribution in [0.2, 0.25) is 0 Å². The molecular formula is C12H23NO. The van der Waals surface area contributed by atoms with Crippen molar-refractivity contribution in [2.45, 2.75) is 33.1 Å². The molecule has 0 aromatic heterocycles. The number of rotatable bonds is 8. The molecule has 0 radical (unpaired) electrons. The van der Waals surface area contributed by atoms with E-state index in [1.54, 1.807) is 0 Å². The van der Waals surface area contributed by atoms with Crippen molar-refractivity contribution in [3.05, 3.63) is 0 Å². The number of nitrogens with zero attached hydrogens (tertiary/aromatic N) is 1. The van der Waals surface area contributed by atoms with Gasteiger partial charge in [-0.2, -0.15) is 0 Å². The Hall–Kier alpha value is -0.520. The summed E-state index contributed by atoms with van der Waals surface area (Å²) < 4.78 is 5.40. The van der Waals surface area contributed by atoms with Crippen molar-refractivity contribution in [1.82, 2.24) is 4.90 Å². The number of hydrogen-bond acceptors (Lipinski definition) is 2. The van der Waals surface area contributed by atoms with Crippen molar-refractivity contribution in [3.8, 4) is 11.8 Å². The normalized spacial score (nSPS) is 10.0. The minimum Gasteiger partial charge on any atom is -0.381 e. The molecule has 0 saturated carbocycles. The maximum Gasteiger partial charge on any atom is 0.0478 e. The molecule has 0 atom stereocenters. The van der Waals surface area contributed by atoms with Crippen LogP contribution in [-0.2, 0) is 4.74 Å². The fourth-order valence-electron chi connectivity index (χ4n) is 1.17. The quantitative estimate of drug-likeness (QED) is 0.437. The van der Waals surface area contributed by atoms with Crippen molar-refractivity contribution < 1.29 is 4.74 Å². The van der Waals surface area contributed by atoms with Crippen LogP contribution >= 0.6 is 0 Å². The summed E-state index contributed by atoms with van der Waals surface area (Å²) in [6.07, 6.45) is 3.21. The van der Waals surface area contributed by atoms with E-state index >= 15 is 0 Å². The molecule has 0 fully saturated rings. The third kappa shape index (κ3) is 9.57. The van der Waals surface area contributed by atoms with Crippen molar-refractivity contribution in [2.75, 3.05) is 33.4 Å². The largest absolute Gasteiger partial charge is 0.381 e. The third-order valence-corrected chi connectivity index (χ3v) is 1.97. The highest BCUT2D eigenvalue weighted by atomic mass is 16.5. The summed E-state index contributed by atoms with van der Waals surface area (Å²) in [5, 5.41) is 0. The van der Waals surface area contributed by atoms with Crippen LogP contribution in [0.5, 0.6) is 0 Å². The van der Waals surface area contributed by atoms with E-state index in [-0.39, 0.29) is 0 Å². The van der Waals surface area contributed by atoms with Gasteiger partial charge in [-0.05, 0) is 26.8 Å². The first-order valence-corrected chi connectivity index (χ1v) is 5.47. The summed E-state index contributed by atoms with van der Waals surface area (Å²) in [4.78, 5) is 2.31. The maximum atomic E-state index is 5.40. The lowest BCUT2D eigenvalue weighted by atomic mass is 10.3. The second kappa shape index (κ2) is 10.6. The molecule has 0 amide bonds. The van der Waals surface area contributed by atoms with Gasteiger partial charge < -0.3 is 9.64 Å². The van der Waals surface area contributed by atoms with E-state index in [0.717, 1.165) is 45.6 Å². The van der Waals surface area contributed by atoms with Crippen LogP contribution in [0.4, 0.5) is 0 Å². The molecule has 0 N–H and O–H groups in total.